The van der Waals surface area contributed by atoms with Gasteiger partial charge in [0.15, 0.2) is 0 Å². The molecule has 3 aromatic rings. The molecular formula is C11H9N3. The van der Waals surface area contributed by atoms with Crippen molar-refractivity contribution in [1.82, 2.24) is 9.38 Å². The van der Waals surface area contributed by atoms with Crippen LogP contribution in [0.2, 0.25) is 0 Å². The van der Waals surface area contributed by atoms with Gasteiger partial charge in [-0.25, -0.2) is 0 Å². The average Bonchev–Trinajstić information content (AvgIpc) is 2.59. The van der Waals surface area contributed by atoms with Gasteiger partial charge in [-0.05, 0) is 6.07 Å². The molecule has 68 valence electrons. The summed E-state index contributed by atoms with van der Waals surface area (Å²) >= 11 is 0. The predicted octanol–water partition coefficient (Wildman–Crippen LogP) is 2.07. The highest BCUT2D eigenvalue weighted by molar-refractivity contribution is 6.03. The van der Waals surface area contributed by atoms with E-state index in [1.165, 1.54) is 0 Å². The molecule has 0 spiro atoms. The Morgan fingerprint density at radius 3 is 3.07 bits per heavy atom. The van der Waals surface area contributed by atoms with Gasteiger partial charge in [-0.15, -0.1) is 0 Å². The van der Waals surface area contributed by atoms with Crippen LogP contribution in [0.3, 0.4) is 0 Å². The standard InChI is InChI=1S/C11H9N3/c12-10-3-1-2-8-9(10)7-14-5-4-13-6-11(8)14/h1-7H,12H2. The number of fused-ring (bicyclic) bond motifs is 3. The zero-order chi connectivity index (χ0) is 9.54. The van der Waals surface area contributed by atoms with E-state index in [9.17, 15) is 0 Å². The smallest absolute Gasteiger partial charge is 0.0714 e. The second kappa shape index (κ2) is 2.48. The molecule has 1 aromatic carbocycles. The Hall–Kier alpha value is -2.03. The summed E-state index contributed by atoms with van der Waals surface area (Å²) in [6, 6.07) is 5.93. The lowest BCUT2D eigenvalue weighted by Crippen LogP contribution is -1.82. The van der Waals surface area contributed by atoms with E-state index in [0.717, 1.165) is 22.0 Å². The first-order valence-electron chi connectivity index (χ1n) is 4.45. The number of aromatic nitrogens is 2. The van der Waals surface area contributed by atoms with Gasteiger partial charge in [0, 0.05) is 35.1 Å². The minimum atomic E-state index is 0.811. The van der Waals surface area contributed by atoms with Gasteiger partial charge in [-0.1, -0.05) is 12.1 Å². The third-order valence-corrected chi connectivity index (χ3v) is 2.47. The number of rotatable bonds is 0. The van der Waals surface area contributed by atoms with Crippen LogP contribution in [0.15, 0.2) is 43.0 Å². The van der Waals surface area contributed by atoms with Crippen molar-refractivity contribution < 1.29 is 0 Å². The number of nitrogens with zero attached hydrogens (tertiary/aromatic N) is 2. The summed E-state index contributed by atoms with van der Waals surface area (Å²) in [6.07, 6.45) is 7.57. The highest BCUT2D eigenvalue weighted by Gasteiger charge is 2.03. The zero-order valence-corrected chi connectivity index (χ0v) is 7.51. The number of nitrogens with two attached hydrogens (primary N) is 1. The first-order chi connectivity index (χ1) is 6.86. The molecule has 2 N–H and O–H groups in total. The first kappa shape index (κ1) is 7.38. The van der Waals surface area contributed by atoms with Crippen molar-refractivity contribution in [2.75, 3.05) is 5.73 Å². The maximum atomic E-state index is 5.89. The number of nitrogen functional groups attached to an aromatic ring is 1. The van der Waals surface area contributed by atoms with Crippen LogP contribution in [0.5, 0.6) is 0 Å². The Labute approximate surface area is 80.8 Å². The van der Waals surface area contributed by atoms with Gasteiger partial charge < -0.3 is 10.1 Å². The van der Waals surface area contributed by atoms with Crippen LogP contribution in [-0.4, -0.2) is 9.38 Å². The minimum absolute atomic E-state index is 0.811. The summed E-state index contributed by atoms with van der Waals surface area (Å²) < 4.78 is 2.04. The first-order valence-corrected chi connectivity index (χ1v) is 4.45. The van der Waals surface area contributed by atoms with E-state index in [0.29, 0.717) is 0 Å². The van der Waals surface area contributed by atoms with Gasteiger partial charge in [0.1, 0.15) is 0 Å². The number of anilines is 1. The second-order valence-electron chi connectivity index (χ2n) is 3.31. The van der Waals surface area contributed by atoms with Gasteiger partial charge in [0.2, 0.25) is 0 Å². The van der Waals surface area contributed by atoms with E-state index in [-0.39, 0.29) is 0 Å². The van der Waals surface area contributed by atoms with Crippen molar-refractivity contribution in [3.63, 3.8) is 0 Å². The Kier molecular flexibility index (Phi) is 1.31. The molecule has 2 aromatic heterocycles. The maximum absolute atomic E-state index is 5.89. The molecule has 0 saturated carbocycles. The van der Waals surface area contributed by atoms with Crippen molar-refractivity contribution in [2.24, 2.45) is 0 Å². The van der Waals surface area contributed by atoms with Crippen molar-refractivity contribution in [2.45, 2.75) is 0 Å². The van der Waals surface area contributed by atoms with Crippen LogP contribution in [0.25, 0.3) is 16.3 Å². The largest absolute Gasteiger partial charge is 0.398 e. The molecule has 0 aliphatic carbocycles. The average molecular weight is 183 g/mol. The highest BCUT2D eigenvalue weighted by Crippen LogP contribution is 2.25. The molecule has 0 fully saturated rings. The Morgan fingerprint density at radius 2 is 2.14 bits per heavy atom. The lowest BCUT2D eigenvalue weighted by atomic mass is 10.2. The molecule has 0 amide bonds. The molecule has 0 saturated heterocycles. The molecule has 0 unspecified atom stereocenters. The molecule has 3 rings (SSSR count). The van der Waals surface area contributed by atoms with Crippen molar-refractivity contribution in [1.29, 1.82) is 0 Å². The van der Waals surface area contributed by atoms with Crippen LogP contribution in [-0.2, 0) is 0 Å². The summed E-state index contributed by atoms with van der Waals surface area (Å²) in [5.41, 5.74) is 7.79. The lowest BCUT2D eigenvalue weighted by Gasteiger charge is -1.93. The summed E-state index contributed by atoms with van der Waals surface area (Å²) in [5.74, 6) is 0. The fourth-order valence-electron chi connectivity index (χ4n) is 1.78. The SMILES string of the molecule is Nc1cccc2c1cn1ccncc21. The fourth-order valence-corrected chi connectivity index (χ4v) is 1.78. The minimum Gasteiger partial charge on any atom is -0.398 e. The van der Waals surface area contributed by atoms with Crippen molar-refractivity contribution in [3.05, 3.63) is 43.0 Å². The normalized spacial score (nSPS) is 11.1. The van der Waals surface area contributed by atoms with E-state index < -0.39 is 0 Å². The molecule has 0 atom stereocenters. The maximum Gasteiger partial charge on any atom is 0.0714 e. The van der Waals surface area contributed by atoms with Crippen LogP contribution in [0.4, 0.5) is 5.69 Å². The number of hydrogen-bond donors (Lipinski definition) is 1. The van der Waals surface area contributed by atoms with Gasteiger partial charge in [0.05, 0.1) is 11.7 Å². The quantitative estimate of drug-likeness (QED) is 0.542. The molecule has 2 heterocycles. The summed E-state index contributed by atoms with van der Waals surface area (Å²) in [4.78, 5) is 4.10. The van der Waals surface area contributed by atoms with Gasteiger partial charge in [0.25, 0.3) is 0 Å². The molecule has 0 bridgehead atoms. The number of benzene rings is 1. The molecular weight excluding hydrogens is 174 g/mol. The molecule has 0 aliphatic rings. The third kappa shape index (κ3) is 0.836. The molecule has 0 aliphatic heterocycles. The van der Waals surface area contributed by atoms with Gasteiger partial charge >= 0.3 is 0 Å². The Bertz CT molecular complexity index is 610. The van der Waals surface area contributed by atoms with Crippen molar-refractivity contribution in [3.8, 4) is 0 Å². The van der Waals surface area contributed by atoms with E-state index in [1.807, 2.05) is 35.1 Å². The summed E-state index contributed by atoms with van der Waals surface area (Å²) in [7, 11) is 0. The monoisotopic (exact) mass is 183 g/mol. The highest BCUT2D eigenvalue weighted by atomic mass is 14.9. The summed E-state index contributed by atoms with van der Waals surface area (Å²) in [6.45, 7) is 0. The predicted molar refractivity (Wildman–Crippen MR) is 57.1 cm³/mol. The second-order valence-corrected chi connectivity index (χ2v) is 3.31. The van der Waals surface area contributed by atoms with Crippen LogP contribution in [0.1, 0.15) is 0 Å². The zero-order valence-electron chi connectivity index (χ0n) is 7.51. The summed E-state index contributed by atoms with van der Waals surface area (Å²) in [5, 5.41) is 2.23. The fraction of sp³-hybridized carbons (Fsp3) is 0. The molecule has 3 heteroatoms. The van der Waals surface area contributed by atoms with E-state index in [4.69, 9.17) is 5.73 Å². The van der Waals surface area contributed by atoms with E-state index >= 15 is 0 Å². The topological polar surface area (TPSA) is 43.3 Å². The lowest BCUT2D eigenvalue weighted by molar-refractivity contribution is 1.15. The van der Waals surface area contributed by atoms with Crippen LogP contribution in [0, 0.1) is 0 Å². The van der Waals surface area contributed by atoms with Crippen LogP contribution < -0.4 is 5.73 Å². The Morgan fingerprint density at radius 1 is 1.21 bits per heavy atom. The molecule has 3 nitrogen and oxygen atoms in total. The van der Waals surface area contributed by atoms with E-state index in [2.05, 4.69) is 11.1 Å². The molecule has 0 radical (unpaired) electrons. The Balaban J connectivity index is 2.63. The van der Waals surface area contributed by atoms with Crippen molar-refractivity contribution >= 4 is 22.0 Å². The van der Waals surface area contributed by atoms with Gasteiger partial charge in [-0.3, -0.25) is 4.98 Å². The van der Waals surface area contributed by atoms with Gasteiger partial charge in [-0.2, -0.15) is 0 Å². The van der Waals surface area contributed by atoms with Crippen LogP contribution >= 0.6 is 0 Å². The van der Waals surface area contributed by atoms with E-state index in [1.54, 1.807) is 6.20 Å². The molecule has 14 heavy (non-hydrogen) atoms. The third-order valence-electron chi connectivity index (χ3n) is 2.47. The number of hydrogen-bond acceptors (Lipinski definition) is 2.